The molecule has 3 rings (SSSR count). The van der Waals surface area contributed by atoms with Gasteiger partial charge in [0.05, 0.1) is 12.8 Å². The van der Waals surface area contributed by atoms with Gasteiger partial charge in [0.2, 0.25) is 5.91 Å². The predicted molar refractivity (Wildman–Crippen MR) is 97.0 cm³/mol. The number of nitrogens with one attached hydrogen (secondary N) is 1. The first-order valence-corrected chi connectivity index (χ1v) is 8.09. The molecular weight excluding hydrogens is 316 g/mol. The minimum absolute atomic E-state index is 0.0351. The molecule has 1 aromatic heterocycles. The lowest BCUT2D eigenvalue weighted by molar-refractivity contribution is -0.115. The van der Waals surface area contributed by atoms with E-state index < -0.39 is 0 Å². The second-order valence-corrected chi connectivity index (χ2v) is 5.65. The molecule has 6 nitrogen and oxygen atoms in total. The van der Waals surface area contributed by atoms with E-state index in [4.69, 9.17) is 4.74 Å². The number of anilines is 1. The third-order valence-electron chi connectivity index (χ3n) is 3.78. The van der Waals surface area contributed by atoms with Crippen molar-refractivity contribution in [3.05, 3.63) is 54.1 Å². The number of benzene rings is 2. The number of carbonyl (C=O) groups is 1. The number of methoxy groups -OCH3 is 1. The van der Waals surface area contributed by atoms with Crippen LogP contribution in [-0.4, -0.2) is 27.8 Å². The highest BCUT2D eigenvalue weighted by atomic mass is 16.5. The molecule has 6 heteroatoms. The van der Waals surface area contributed by atoms with Crippen LogP contribution in [-0.2, 0) is 4.79 Å². The van der Waals surface area contributed by atoms with E-state index in [1.165, 1.54) is 12.7 Å². The van der Waals surface area contributed by atoms with Crippen LogP contribution in [0.25, 0.3) is 17.1 Å². The summed E-state index contributed by atoms with van der Waals surface area (Å²) in [7, 11) is 1.54. The summed E-state index contributed by atoms with van der Waals surface area (Å²) in [6.07, 6.45) is 0.427. The van der Waals surface area contributed by atoms with E-state index in [1.807, 2.05) is 62.4 Å². The highest BCUT2D eigenvalue weighted by molar-refractivity contribution is 5.90. The Morgan fingerprint density at radius 2 is 1.96 bits per heavy atom. The van der Waals surface area contributed by atoms with E-state index in [2.05, 4.69) is 15.4 Å². The molecular formula is C19H20N4O2. The normalized spacial score (nSPS) is 10.5. The van der Waals surface area contributed by atoms with Crippen molar-refractivity contribution in [3.63, 3.8) is 0 Å². The molecule has 0 spiro atoms. The van der Waals surface area contributed by atoms with Crippen LogP contribution in [0.3, 0.4) is 0 Å². The second kappa shape index (κ2) is 7.17. The van der Waals surface area contributed by atoms with Crippen molar-refractivity contribution < 1.29 is 9.53 Å². The minimum atomic E-state index is -0.0351. The van der Waals surface area contributed by atoms with Crippen LogP contribution >= 0.6 is 0 Å². The molecule has 0 fully saturated rings. The van der Waals surface area contributed by atoms with E-state index in [-0.39, 0.29) is 5.91 Å². The molecule has 1 amide bonds. The number of aromatic nitrogens is 3. The number of hydrogen-bond donors (Lipinski definition) is 1. The lowest BCUT2D eigenvalue weighted by atomic mass is 10.1. The standard InChI is InChI=1S/C19H20N4O2/c1-4-17(24)20-15-6-5-7-16(12-15)23-18(21-19(22-23)25-3)14-10-8-13(2)9-11-14/h5-12H,4H2,1-3H3,(H,20,24). The summed E-state index contributed by atoms with van der Waals surface area (Å²) in [5, 5.41) is 7.27. The third-order valence-corrected chi connectivity index (χ3v) is 3.78. The Bertz CT molecular complexity index is 885. The summed E-state index contributed by atoms with van der Waals surface area (Å²) in [5.74, 6) is 0.642. The van der Waals surface area contributed by atoms with Gasteiger partial charge in [-0.25, -0.2) is 4.68 Å². The quantitative estimate of drug-likeness (QED) is 0.773. The fourth-order valence-electron chi connectivity index (χ4n) is 2.41. The first-order chi connectivity index (χ1) is 12.1. The van der Waals surface area contributed by atoms with Crippen molar-refractivity contribution >= 4 is 11.6 Å². The predicted octanol–water partition coefficient (Wildman–Crippen LogP) is 3.60. The van der Waals surface area contributed by atoms with Crippen molar-refractivity contribution in [1.29, 1.82) is 0 Å². The zero-order chi connectivity index (χ0) is 17.8. The van der Waals surface area contributed by atoms with Gasteiger partial charge in [-0.15, -0.1) is 5.10 Å². The summed E-state index contributed by atoms with van der Waals surface area (Å²) >= 11 is 0. The van der Waals surface area contributed by atoms with Gasteiger partial charge in [-0.3, -0.25) is 4.79 Å². The van der Waals surface area contributed by atoms with Crippen LogP contribution in [0.2, 0.25) is 0 Å². The monoisotopic (exact) mass is 336 g/mol. The van der Waals surface area contributed by atoms with Crippen LogP contribution < -0.4 is 10.1 Å². The maximum absolute atomic E-state index is 11.6. The van der Waals surface area contributed by atoms with Crippen molar-refractivity contribution in [1.82, 2.24) is 14.8 Å². The first kappa shape index (κ1) is 16.7. The Morgan fingerprint density at radius 3 is 2.64 bits per heavy atom. The average molecular weight is 336 g/mol. The molecule has 1 heterocycles. The fourth-order valence-corrected chi connectivity index (χ4v) is 2.41. The number of carbonyl (C=O) groups excluding carboxylic acids is 1. The maximum Gasteiger partial charge on any atom is 0.336 e. The van der Waals surface area contributed by atoms with Crippen molar-refractivity contribution in [2.24, 2.45) is 0 Å². The summed E-state index contributed by atoms with van der Waals surface area (Å²) in [4.78, 5) is 16.1. The van der Waals surface area contributed by atoms with Gasteiger partial charge in [-0.1, -0.05) is 42.8 Å². The zero-order valence-corrected chi connectivity index (χ0v) is 14.5. The SMILES string of the molecule is CCC(=O)Nc1cccc(-n2nc(OC)nc2-c2ccc(C)cc2)c1. The van der Waals surface area contributed by atoms with Crippen LogP contribution in [0.15, 0.2) is 48.5 Å². The molecule has 0 radical (unpaired) electrons. The highest BCUT2D eigenvalue weighted by Gasteiger charge is 2.14. The zero-order valence-electron chi connectivity index (χ0n) is 14.5. The van der Waals surface area contributed by atoms with E-state index >= 15 is 0 Å². The Labute approximate surface area is 146 Å². The first-order valence-electron chi connectivity index (χ1n) is 8.09. The molecule has 0 atom stereocenters. The van der Waals surface area contributed by atoms with Crippen molar-refractivity contribution in [2.45, 2.75) is 20.3 Å². The Hall–Kier alpha value is -3.15. The minimum Gasteiger partial charge on any atom is -0.466 e. The van der Waals surface area contributed by atoms with E-state index in [9.17, 15) is 4.79 Å². The van der Waals surface area contributed by atoms with Gasteiger partial charge in [0.15, 0.2) is 5.82 Å². The molecule has 128 valence electrons. The van der Waals surface area contributed by atoms with Gasteiger partial charge in [0.25, 0.3) is 0 Å². The number of hydrogen-bond acceptors (Lipinski definition) is 4. The average Bonchev–Trinajstić information content (AvgIpc) is 3.07. The number of rotatable bonds is 5. The van der Waals surface area contributed by atoms with Gasteiger partial charge in [0, 0.05) is 17.7 Å². The largest absolute Gasteiger partial charge is 0.466 e. The summed E-state index contributed by atoms with van der Waals surface area (Å²) in [6.45, 7) is 3.85. The molecule has 0 unspecified atom stereocenters. The van der Waals surface area contributed by atoms with Gasteiger partial charge < -0.3 is 10.1 Å². The molecule has 2 aromatic carbocycles. The highest BCUT2D eigenvalue weighted by Crippen LogP contribution is 2.25. The number of nitrogens with zero attached hydrogens (tertiary/aromatic N) is 3. The molecule has 0 saturated heterocycles. The molecule has 0 saturated carbocycles. The summed E-state index contributed by atoms with van der Waals surface area (Å²) < 4.78 is 6.92. The summed E-state index contributed by atoms with van der Waals surface area (Å²) in [5.41, 5.74) is 3.62. The lowest BCUT2D eigenvalue weighted by Crippen LogP contribution is -2.10. The van der Waals surface area contributed by atoms with Gasteiger partial charge >= 0.3 is 6.01 Å². The summed E-state index contributed by atoms with van der Waals surface area (Å²) in [6, 6.07) is 15.8. The van der Waals surface area contributed by atoms with Crippen LogP contribution in [0, 0.1) is 6.92 Å². The maximum atomic E-state index is 11.6. The lowest BCUT2D eigenvalue weighted by Gasteiger charge is -2.09. The van der Waals surface area contributed by atoms with E-state index in [1.54, 1.807) is 4.68 Å². The van der Waals surface area contributed by atoms with Gasteiger partial charge in [-0.2, -0.15) is 4.98 Å². The van der Waals surface area contributed by atoms with E-state index in [0.717, 1.165) is 11.3 Å². The van der Waals surface area contributed by atoms with Crippen LogP contribution in [0.5, 0.6) is 6.01 Å². The molecule has 0 bridgehead atoms. The Balaban J connectivity index is 2.05. The Kier molecular flexibility index (Phi) is 4.79. The molecule has 25 heavy (non-hydrogen) atoms. The van der Waals surface area contributed by atoms with Gasteiger partial charge in [0.1, 0.15) is 0 Å². The van der Waals surface area contributed by atoms with Crippen LogP contribution in [0.4, 0.5) is 5.69 Å². The van der Waals surface area contributed by atoms with Crippen molar-refractivity contribution in [2.75, 3.05) is 12.4 Å². The van der Waals surface area contributed by atoms with E-state index in [0.29, 0.717) is 23.9 Å². The second-order valence-electron chi connectivity index (χ2n) is 5.65. The smallest absolute Gasteiger partial charge is 0.336 e. The topological polar surface area (TPSA) is 69.0 Å². The molecule has 3 aromatic rings. The van der Waals surface area contributed by atoms with Crippen LogP contribution in [0.1, 0.15) is 18.9 Å². The fraction of sp³-hybridized carbons (Fsp3) is 0.211. The number of aryl methyl sites for hydroxylation is 1. The molecule has 0 aliphatic carbocycles. The molecule has 0 aliphatic heterocycles. The van der Waals surface area contributed by atoms with Crippen molar-refractivity contribution in [3.8, 4) is 23.1 Å². The third kappa shape index (κ3) is 3.68. The van der Waals surface area contributed by atoms with Gasteiger partial charge in [-0.05, 0) is 25.1 Å². The number of amides is 1. The number of ether oxygens (including phenoxy) is 1. The molecule has 0 aliphatic rings. The molecule has 1 N–H and O–H groups in total. The Morgan fingerprint density at radius 1 is 1.20 bits per heavy atom.